The van der Waals surface area contributed by atoms with E-state index < -0.39 is 0 Å². The fourth-order valence-corrected chi connectivity index (χ4v) is 2.35. The fourth-order valence-electron chi connectivity index (χ4n) is 2.35. The first kappa shape index (κ1) is 17.2. The summed E-state index contributed by atoms with van der Waals surface area (Å²) >= 11 is 0. The highest BCUT2D eigenvalue weighted by atomic mass is 35.5. The van der Waals surface area contributed by atoms with Crippen molar-refractivity contribution in [3.05, 3.63) is 0 Å². The summed E-state index contributed by atoms with van der Waals surface area (Å²) in [5.41, 5.74) is 5.35. The van der Waals surface area contributed by atoms with Crippen molar-refractivity contribution in [1.29, 1.82) is 0 Å². The number of hydrogen-bond acceptors (Lipinski definition) is 3. The maximum Gasteiger partial charge on any atom is 0.222 e. The van der Waals surface area contributed by atoms with Crippen LogP contribution in [0.5, 0.6) is 0 Å². The van der Waals surface area contributed by atoms with Crippen LogP contribution in [0.1, 0.15) is 38.5 Å². The Hall–Kier alpha value is -0.810. The topological polar surface area (TPSA) is 84.2 Å². The standard InChI is InChI=1S/C12H23N3O2.ClH/c1-14-8-4-7-11(16)15-10-6-3-2-5-9(10)12(13)17;/h9-10,14H,2-8H2,1H3,(H2,13,17)(H,15,16);1H. The van der Waals surface area contributed by atoms with E-state index in [0.717, 1.165) is 38.6 Å². The Kier molecular flexibility index (Phi) is 8.75. The number of amides is 2. The van der Waals surface area contributed by atoms with Crippen LogP contribution in [0.2, 0.25) is 0 Å². The van der Waals surface area contributed by atoms with E-state index in [1.54, 1.807) is 0 Å². The summed E-state index contributed by atoms with van der Waals surface area (Å²) in [6, 6.07) is -0.0525. The van der Waals surface area contributed by atoms with Crippen LogP contribution in [0.25, 0.3) is 0 Å². The minimum absolute atomic E-state index is 0. The van der Waals surface area contributed by atoms with Gasteiger partial charge in [-0.15, -0.1) is 12.4 Å². The molecule has 4 N–H and O–H groups in total. The number of carbonyl (C=O) groups is 2. The van der Waals surface area contributed by atoms with Crippen LogP contribution < -0.4 is 16.4 Å². The highest BCUT2D eigenvalue weighted by Gasteiger charge is 2.30. The van der Waals surface area contributed by atoms with Crippen molar-refractivity contribution in [1.82, 2.24) is 10.6 Å². The van der Waals surface area contributed by atoms with Crippen LogP contribution in [-0.2, 0) is 9.59 Å². The molecule has 18 heavy (non-hydrogen) atoms. The van der Waals surface area contributed by atoms with E-state index >= 15 is 0 Å². The second kappa shape index (κ2) is 9.16. The maximum atomic E-state index is 11.7. The van der Waals surface area contributed by atoms with Gasteiger partial charge in [0.2, 0.25) is 11.8 Å². The highest BCUT2D eigenvalue weighted by molar-refractivity contribution is 5.85. The van der Waals surface area contributed by atoms with Gasteiger partial charge in [-0.3, -0.25) is 9.59 Å². The summed E-state index contributed by atoms with van der Waals surface area (Å²) in [5.74, 6) is -0.444. The van der Waals surface area contributed by atoms with Gasteiger partial charge < -0.3 is 16.4 Å². The molecule has 5 nitrogen and oxygen atoms in total. The zero-order chi connectivity index (χ0) is 12.7. The monoisotopic (exact) mass is 277 g/mol. The van der Waals surface area contributed by atoms with Gasteiger partial charge in [-0.05, 0) is 32.9 Å². The van der Waals surface area contributed by atoms with E-state index in [9.17, 15) is 9.59 Å². The lowest BCUT2D eigenvalue weighted by Gasteiger charge is -2.30. The Morgan fingerprint density at radius 3 is 2.56 bits per heavy atom. The zero-order valence-electron chi connectivity index (χ0n) is 10.9. The first-order valence-corrected chi connectivity index (χ1v) is 6.38. The summed E-state index contributed by atoms with van der Waals surface area (Å²) in [7, 11) is 1.86. The third-order valence-electron chi connectivity index (χ3n) is 3.31. The van der Waals surface area contributed by atoms with Crippen molar-refractivity contribution in [2.24, 2.45) is 11.7 Å². The summed E-state index contributed by atoms with van der Waals surface area (Å²) in [5, 5.41) is 5.94. The summed E-state index contributed by atoms with van der Waals surface area (Å²) in [6.07, 6.45) is 5.08. The van der Waals surface area contributed by atoms with Crippen LogP contribution in [-0.4, -0.2) is 31.4 Å². The van der Waals surface area contributed by atoms with Crippen molar-refractivity contribution in [2.75, 3.05) is 13.6 Å². The first-order valence-electron chi connectivity index (χ1n) is 6.38. The average Bonchev–Trinajstić information content (AvgIpc) is 2.29. The lowest BCUT2D eigenvalue weighted by Crippen LogP contribution is -2.47. The van der Waals surface area contributed by atoms with E-state index in [0.29, 0.717) is 6.42 Å². The molecule has 2 amide bonds. The molecule has 1 aliphatic carbocycles. The van der Waals surface area contributed by atoms with Gasteiger partial charge in [-0.2, -0.15) is 0 Å². The maximum absolute atomic E-state index is 11.7. The van der Waals surface area contributed by atoms with Gasteiger partial charge in [-0.1, -0.05) is 12.8 Å². The molecule has 106 valence electrons. The Labute approximate surface area is 115 Å². The van der Waals surface area contributed by atoms with Crippen molar-refractivity contribution in [3.8, 4) is 0 Å². The number of rotatable bonds is 6. The lowest BCUT2D eigenvalue weighted by atomic mass is 9.84. The largest absolute Gasteiger partial charge is 0.369 e. The molecule has 6 heteroatoms. The van der Waals surface area contributed by atoms with Gasteiger partial charge in [0.15, 0.2) is 0 Å². The fraction of sp³-hybridized carbons (Fsp3) is 0.833. The predicted molar refractivity (Wildman–Crippen MR) is 73.5 cm³/mol. The molecule has 0 aromatic rings. The van der Waals surface area contributed by atoms with Gasteiger partial charge in [0.05, 0.1) is 5.92 Å². The molecule has 0 aromatic carbocycles. The van der Waals surface area contributed by atoms with E-state index in [2.05, 4.69) is 10.6 Å². The van der Waals surface area contributed by atoms with Gasteiger partial charge in [0.25, 0.3) is 0 Å². The zero-order valence-corrected chi connectivity index (χ0v) is 11.7. The third-order valence-corrected chi connectivity index (χ3v) is 3.31. The van der Waals surface area contributed by atoms with Crippen LogP contribution in [0.4, 0.5) is 0 Å². The summed E-state index contributed by atoms with van der Waals surface area (Å²) < 4.78 is 0. The molecule has 1 fully saturated rings. The molecular formula is C12H24ClN3O2. The Balaban J connectivity index is 0.00000289. The molecule has 0 saturated heterocycles. The number of nitrogens with two attached hydrogens (primary N) is 1. The quantitative estimate of drug-likeness (QED) is 0.621. The van der Waals surface area contributed by atoms with Crippen molar-refractivity contribution < 1.29 is 9.59 Å². The van der Waals surface area contributed by atoms with Crippen molar-refractivity contribution >= 4 is 24.2 Å². The molecule has 1 saturated carbocycles. The van der Waals surface area contributed by atoms with Gasteiger partial charge in [-0.25, -0.2) is 0 Å². The molecule has 0 aliphatic heterocycles. The van der Waals surface area contributed by atoms with Crippen molar-refractivity contribution in [3.63, 3.8) is 0 Å². The molecule has 1 rings (SSSR count). The molecule has 0 aromatic heterocycles. The van der Waals surface area contributed by atoms with Gasteiger partial charge in [0, 0.05) is 12.5 Å². The van der Waals surface area contributed by atoms with Crippen LogP contribution in [0.15, 0.2) is 0 Å². The first-order chi connectivity index (χ1) is 8.15. The number of hydrogen-bond donors (Lipinski definition) is 3. The number of nitrogens with one attached hydrogen (secondary N) is 2. The van der Waals surface area contributed by atoms with Crippen molar-refractivity contribution in [2.45, 2.75) is 44.6 Å². The van der Waals surface area contributed by atoms with Crippen LogP contribution in [0, 0.1) is 5.92 Å². The molecule has 0 bridgehead atoms. The lowest BCUT2D eigenvalue weighted by molar-refractivity contribution is -0.126. The third kappa shape index (κ3) is 5.69. The highest BCUT2D eigenvalue weighted by Crippen LogP contribution is 2.24. The van der Waals surface area contributed by atoms with Crippen LogP contribution >= 0.6 is 12.4 Å². The second-order valence-corrected chi connectivity index (χ2v) is 4.67. The number of primary amides is 1. The Bertz CT molecular complexity index is 274. The molecule has 1 aliphatic rings. The SMILES string of the molecule is CNCCCC(=O)NC1CCCCC1C(N)=O.Cl. The molecular weight excluding hydrogens is 254 g/mol. The van der Waals surface area contributed by atoms with E-state index in [-0.39, 0.29) is 36.2 Å². The normalized spacial score (nSPS) is 22.9. The average molecular weight is 278 g/mol. The molecule has 2 atom stereocenters. The summed E-state index contributed by atoms with van der Waals surface area (Å²) in [6.45, 7) is 0.831. The second-order valence-electron chi connectivity index (χ2n) is 4.67. The number of carbonyl (C=O) groups excluding carboxylic acids is 2. The predicted octanol–water partition coefficient (Wildman–Crippen LogP) is 0.568. The Morgan fingerprint density at radius 2 is 1.94 bits per heavy atom. The minimum atomic E-state index is -0.287. The summed E-state index contributed by atoms with van der Waals surface area (Å²) in [4.78, 5) is 22.9. The van der Waals surface area contributed by atoms with E-state index in [1.807, 2.05) is 7.05 Å². The molecule has 0 heterocycles. The van der Waals surface area contributed by atoms with Crippen LogP contribution in [0.3, 0.4) is 0 Å². The smallest absolute Gasteiger partial charge is 0.222 e. The molecule has 2 unspecified atom stereocenters. The minimum Gasteiger partial charge on any atom is -0.369 e. The van der Waals surface area contributed by atoms with Gasteiger partial charge in [0.1, 0.15) is 0 Å². The van der Waals surface area contributed by atoms with E-state index in [1.165, 1.54) is 0 Å². The van der Waals surface area contributed by atoms with E-state index in [4.69, 9.17) is 5.73 Å². The number of halogens is 1. The Morgan fingerprint density at radius 1 is 1.28 bits per heavy atom. The molecule has 0 spiro atoms. The molecule has 0 radical (unpaired) electrons. The van der Waals surface area contributed by atoms with Gasteiger partial charge >= 0.3 is 0 Å².